The van der Waals surface area contributed by atoms with Crippen molar-refractivity contribution >= 4 is 5.78 Å². The van der Waals surface area contributed by atoms with Crippen molar-refractivity contribution in [2.24, 2.45) is 22.2 Å². The molecule has 20 heavy (non-hydrogen) atoms. The topological polar surface area (TPSA) is 17.1 Å². The van der Waals surface area contributed by atoms with Gasteiger partial charge in [0.15, 0.2) is 0 Å². The normalized spacial score (nSPS) is 13.9. The van der Waals surface area contributed by atoms with Gasteiger partial charge in [0, 0.05) is 11.8 Å². The van der Waals surface area contributed by atoms with E-state index in [1.54, 1.807) is 0 Å². The average molecular weight is 283 g/mol. The minimum atomic E-state index is -0.193. The van der Waals surface area contributed by atoms with Gasteiger partial charge in [0.1, 0.15) is 5.78 Å². The van der Waals surface area contributed by atoms with Gasteiger partial charge in [-0.2, -0.15) is 0 Å². The molecule has 0 N–H and O–H groups in total. The van der Waals surface area contributed by atoms with Crippen molar-refractivity contribution < 1.29 is 4.79 Å². The summed E-state index contributed by atoms with van der Waals surface area (Å²) in [4.78, 5) is 12.3. The molecule has 0 heterocycles. The van der Waals surface area contributed by atoms with Gasteiger partial charge in [-0.1, -0.05) is 62.3 Å². The van der Waals surface area contributed by atoms with E-state index in [9.17, 15) is 4.79 Å². The summed E-state index contributed by atoms with van der Waals surface area (Å²) in [5.74, 6) is 0.977. The Bertz CT molecular complexity index is 275. The Labute approximate surface area is 127 Å². The van der Waals surface area contributed by atoms with Gasteiger partial charge >= 0.3 is 0 Å². The quantitative estimate of drug-likeness (QED) is 0.562. The van der Waals surface area contributed by atoms with E-state index in [1.807, 2.05) is 20.8 Å². The predicted octanol–water partition coefficient (Wildman–Crippen LogP) is 6.26. The molecule has 0 spiro atoms. The van der Waals surface area contributed by atoms with Crippen LogP contribution in [0, 0.1) is 22.2 Å². The van der Waals surface area contributed by atoms with E-state index in [0.29, 0.717) is 22.5 Å². The fourth-order valence-electron chi connectivity index (χ4n) is 2.19. The molecule has 0 saturated heterocycles. The molecule has 1 heteroatoms. The van der Waals surface area contributed by atoms with Crippen LogP contribution in [0.3, 0.4) is 0 Å². The van der Waals surface area contributed by atoms with E-state index in [4.69, 9.17) is 0 Å². The molecule has 1 nitrogen and oxygen atoms in total. The summed E-state index contributed by atoms with van der Waals surface area (Å²) in [5, 5.41) is 0. The number of Topliss-reactive ketones (excluding diaryl/α,β-unsaturated/α-hetero) is 1. The van der Waals surface area contributed by atoms with Gasteiger partial charge in [-0.25, -0.2) is 0 Å². The van der Waals surface area contributed by atoms with Crippen molar-refractivity contribution in [1.29, 1.82) is 0 Å². The van der Waals surface area contributed by atoms with Crippen LogP contribution < -0.4 is 0 Å². The first-order chi connectivity index (χ1) is 8.71. The number of hydrogen-bond acceptors (Lipinski definition) is 1. The van der Waals surface area contributed by atoms with E-state index in [2.05, 4.69) is 41.5 Å². The molecule has 0 aromatic carbocycles. The number of carbonyl (C=O) groups is 1. The van der Waals surface area contributed by atoms with Crippen molar-refractivity contribution in [3.05, 3.63) is 0 Å². The summed E-state index contributed by atoms with van der Waals surface area (Å²) in [5.41, 5.74) is 0.539. The molecular weight excluding hydrogens is 244 g/mol. The van der Waals surface area contributed by atoms with Gasteiger partial charge in [-0.15, -0.1) is 0 Å². The maximum Gasteiger partial charge on any atom is 0.138 e. The Balaban J connectivity index is 4.58. The molecule has 0 amide bonds. The molecule has 0 radical (unpaired) electrons. The highest BCUT2D eigenvalue weighted by atomic mass is 16.1. The maximum absolute atomic E-state index is 12.3. The second-order valence-corrected chi connectivity index (χ2v) is 9.94. The highest BCUT2D eigenvalue weighted by Crippen LogP contribution is 2.33. The summed E-state index contributed by atoms with van der Waals surface area (Å²) >= 11 is 0. The van der Waals surface area contributed by atoms with Crippen LogP contribution in [0.4, 0.5) is 0 Å². The first-order valence-corrected chi connectivity index (χ1v) is 8.24. The second-order valence-electron chi connectivity index (χ2n) is 9.94. The molecule has 0 aliphatic heterocycles. The molecule has 0 bridgehead atoms. The fraction of sp³-hybridized carbons (Fsp3) is 0.947. The van der Waals surface area contributed by atoms with Crippen LogP contribution in [-0.4, -0.2) is 5.78 Å². The van der Waals surface area contributed by atoms with Crippen LogP contribution in [0.15, 0.2) is 0 Å². The van der Waals surface area contributed by atoms with Crippen LogP contribution in [0.25, 0.3) is 0 Å². The fourth-order valence-corrected chi connectivity index (χ4v) is 2.19. The van der Waals surface area contributed by atoms with Crippen molar-refractivity contribution in [1.82, 2.24) is 0 Å². The Morgan fingerprint density at radius 3 is 1.35 bits per heavy atom. The molecule has 120 valence electrons. The lowest BCUT2D eigenvalue weighted by atomic mass is 9.77. The highest BCUT2D eigenvalue weighted by Gasteiger charge is 2.26. The summed E-state index contributed by atoms with van der Waals surface area (Å²) < 4.78 is 0. The number of hydrogen-bond donors (Lipinski definition) is 0. The second kappa shape index (κ2) is 7.09. The molecule has 0 rings (SSSR count). The van der Waals surface area contributed by atoms with Crippen molar-refractivity contribution in [2.75, 3.05) is 0 Å². The zero-order chi connectivity index (χ0) is 16.2. The zero-order valence-corrected chi connectivity index (χ0v) is 15.5. The molecule has 0 atom stereocenters. The van der Waals surface area contributed by atoms with Gasteiger partial charge < -0.3 is 0 Å². The Morgan fingerprint density at radius 2 is 1.10 bits per heavy atom. The van der Waals surface area contributed by atoms with E-state index >= 15 is 0 Å². The highest BCUT2D eigenvalue weighted by molar-refractivity contribution is 5.83. The largest absolute Gasteiger partial charge is 0.299 e. The third-order valence-electron chi connectivity index (χ3n) is 3.92. The summed E-state index contributed by atoms with van der Waals surface area (Å²) in [6, 6.07) is 0. The molecule has 0 aliphatic carbocycles. The standard InChI is InChI=1S/C19H38O/c1-17(2,3)12-10-15(11-13-18(4,5)6)14-16(20)19(7,8)9/h15H,10-14H2,1-9H3. The van der Waals surface area contributed by atoms with Crippen molar-refractivity contribution in [2.45, 2.75) is 94.4 Å². The third kappa shape index (κ3) is 10.5. The smallest absolute Gasteiger partial charge is 0.138 e. The van der Waals surface area contributed by atoms with Gasteiger partial charge in [0.2, 0.25) is 0 Å². The van der Waals surface area contributed by atoms with E-state index in [0.717, 1.165) is 6.42 Å². The SMILES string of the molecule is CC(C)(C)CCC(CCC(C)(C)C)CC(=O)C(C)(C)C. The zero-order valence-electron chi connectivity index (χ0n) is 15.5. The third-order valence-corrected chi connectivity index (χ3v) is 3.92. The maximum atomic E-state index is 12.3. The predicted molar refractivity (Wildman–Crippen MR) is 89.9 cm³/mol. The molecular formula is C19H38O. The van der Waals surface area contributed by atoms with Crippen LogP contribution in [0.1, 0.15) is 94.4 Å². The molecule has 0 unspecified atom stereocenters. The lowest BCUT2D eigenvalue weighted by Gasteiger charge is -2.28. The van der Waals surface area contributed by atoms with Crippen molar-refractivity contribution in [3.8, 4) is 0 Å². The van der Waals surface area contributed by atoms with E-state index < -0.39 is 0 Å². The lowest BCUT2D eigenvalue weighted by Crippen LogP contribution is -2.24. The number of carbonyl (C=O) groups excluding carboxylic acids is 1. The number of rotatable bonds is 6. The van der Waals surface area contributed by atoms with Gasteiger partial charge in [0.05, 0.1) is 0 Å². The van der Waals surface area contributed by atoms with Crippen LogP contribution in [0.2, 0.25) is 0 Å². The molecule has 0 aromatic heterocycles. The van der Waals surface area contributed by atoms with Gasteiger partial charge in [-0.3, -0.25) is 4.79 Å². The van der Waals surface area contributed by atoms with E-state index in [1.165, 1.54) is 25.7 Å². The van der Waals surface area contributed by atoms with Crippen LogP contribution in [0.5, 0.6) is 0 Å². The minimum absolute atomic E-state index is 0.193. The monoisotopic (exact) mass is 282 g/mol. The van der Waals surface area contributed by atoms with Gasteiger partial charge in [-0.05, 0) is 42.4 Å². The number of ketones is 1. The molecule has 0 saturated carbocycles. The lowest BCUT2D eigenvalue weighted by molar-refractivity contribution is -0.127. The molecule has 0 aliphatic rings. The van der Waals surface area contributed by atoms with E-state index in [-0.39, 0.29) is 5.41 Å². The van der Waals surface area contributed by atoms with Gasteiger partial charge in [0.25, 0.3) is 0 Å². The first kappa shape index (κ1) is 19.7. The average Bonchev–Trinajstić information content (AvgIpc) is 2.17. The Kier molecular flexibility index (Phi) is 6.97. The minimum Gasteiger partial charge on any atom is -0.299 e. The first-order valence-electron chi connectivity index (χ1n) is 8.24. The molecule has 0 fully saturated rings. The summed E-state index contributed by atoms with van der Waals surface area (Å²) in [7, 11) is 0. The van der Waals surface area contributed by atoms with Crippen LogP contribution in [-0.2, 0) is 4.79 Å². The summed E-state index contributed by atoms with van der Waals surface area (Å²) in [6.45, 7) is 19.9. The molecule has 0 aromatic rings. The van der Waals surface area contributed by atoms with Crippen molar-refractivity contribution in [3.63, 3.8) is 0 Å². The Morgan fingerprint density at radius 1 is 0.750 bits per heavy atom. The summed E-state index contributed by atoms with van der Waals surface area (Å²) in [6.07, 6.45) is 5.54. The van der Waals surface area contributed by atoms with Crippen LogP contribution >= 0.6 is 0 Å². The Hall–Kier alpha value is -0.330.